The second-order valence-corrected chi connectivity index (χ2v) is 4.81. The van der Waals surface area contributed by atoms with E-state index >= 15 is 0 Å². The molecule has 8 heteroatoms. The Balaban J connectivity index is 0.00000220. The minimum atomic E-state index is -0.245. The maximum Gasteiger partial charge on any atom is 0.246 e. The van der Waals surface area contributed by atoms with Crippen molar-refractivity contribution in [1.82, 2.24) is 15.5 Å². The van der Waals surface area contributed by atoms with Gasteiger partial charge in [0.2, 0.25) is 17.6 Å². The zero-order valence-corrected chi connectivity index (χ0v) is 12.9. The zero-order valence-electron chi connectivity index (χ0n) is 11.4. The molecule has 2 rings (SSSR count). The molecule has 114 valence electrons. The van der Waals surface area contributed by atoms with E-state index in [9.17, 15) is 4.79 Å². The van der Waals surface area contributed by atoms with Crippen molar-refractivity contribution < 1.29 is 9.32 Å². The maximum atomic E-state index is 11.6. The summed E-state index contributed by atoms with van der Waals surface area (Å²) in [5.74, 6) is 0.376. The van der Waals surface area contributed by atoms with Gasteiger partial charge in [-0.3, -0.25) is 4.79 Å². The number of carbonyl (C=O) groups is 1. The lowest BCUT2D eigenvalue weighted by atomic mass is 10.2. The van der Waals surface area contributed by atoms with Gasteiger partial charge in [-0.05, 0) is 12.1 Å². The molecule has 0 saturated carbocycles. The highest BCUT2D eigenvalue weighted by Crippen LogP contribution is 2.19. The molecule has 0 radical (unpaired) electrons. The summed E-state index contributed by atoms with van der Waals surface area (Å²) in [5, 5.41) is 7.13. The van der Waals surface area contributed by atoms with Crippen LogP contribution in [0, 0.1) is 5.92 Å². The summed E-state index contributed by atoms with van der Waals surface area (Å²) < 4.78 is 5.07. The number of amides is 1. The fourth-order valence-electron chi connectivity index (χ4n) is 1.52. The fraction of sp³-hybridized carbons (Fsp3) is 0.308. The predicted molar refractivity (Wildman–Crippen MR) is 82.1 cm³/mol. The lowest BCUT2D eigenvalue weighted by Crippen LogP contribution is -2.32. The van der Waals surface area contributed by atoms with Gasteiger partial charge in [-0.15, -0.1) is 12.4 Å². The molecule has 1 unspecified atom stereocenters. The van der Waals surface area contributed by atoms with E-state index in [4.69, 9.17) is 21.9 Å². The number of nitrogens with two attached hydrogens (primary N) is 1. The van der Waals surface area contributed by atoms with Crippen LogP contribution < -0.4 is 11.1 Å². The lowest BCUT2D eigenvalue weighted by molar-refractivity contribution is -0.124. The Bertz CT molecular complexity index is 603. The lowest BCUT2D eigenvalue weighted by Gasteiger charge is -2.07. The first-order chi connectivity index (χ1) is 9.60. The number of nitrogens with zero attached hydrogens (tertiary/aromatic N) is 2. The van der Waals surface area contributed by atoms with Crippen molar-refractivity contribution in [2.75, 3.05) is 6.54 Å². The summed E-state index contributed by atoms with van der Waals surface area (Å²) in [4.78, 5) is 15.8. The minimum absolute atomic E-state index is 0. The van der Waals surface area contributed by atoms with E-state index in [-0.39, 0.29) is 30.8 Å². The second-order valence-electron chi connectivity index (χ2n) is 4.38. The first kappa shape index (κ1) is 17.4. The van der Waals surface area contributed by atoms with Gasteiger partial charge in [-0.1, -0.05) is 35.8 Å². The van der Waals surface area contributed by atoms with Crippen molar-refractivity contribution in [3.63, 3.8) is 0 Å². The van der Waals surface area contributed by atoms with E-state index in [0.29, 0.717) is 23.3 Å². The summed E-state index contributed by atoms with van der Waals surface area (Å²) in [6, 6.07) is 7.14. The Morgan fingerprint density at radius 2 is 2.29 bits per heavy atom. The SMILES string of the molecule is CC(CN)C(=O)NCc1nc(-c2cccc(Cl)c2)no1.Cl. The molecule has 2 aromatic rings. The monoisotopic (exact) mass is 330 g/mol. The van der Waals surface area contributed by atoms with Gasteiger partial charge < -0.3 is 15.6 Å². The molecule has 0 aliphatic rings. The number of carbonyl (C=O) groups excluding carboxylic acids is 1. The number of nitrogens with one attached hydrogen (secondary N) is 1. The molecule has 1 aromatic carbocycles. The highest BCUT2D eigenvalue weighted by Gasteiger charge is 2.13. The third-order valence-electron chi connectivity index (χ3n) is 2.77. The van der Waals surface area contributed by atoms with E-state index in [1.165, 1.54) is 0 Å². The molecule has 0 bridgehead atoms. The first-order valence-electron chi connectivity index (χ1n) is 6.16. The summed E-state index contributed by atoms with van der Waals surface area (Å²) in [7, 11) is 0. The molecule has 1 atom stereocenters. The van der Waals surface area contributed by atoms with Crippen LogP contribution in [0.5, 0.6) is 0 Å². The molecule has 1 aromatic heterocycles. The van der Waals surface area contributed by atoms with E-state index in [0.717, 1.165) is 5.56 Å². The Hall–Kier alpha value is -1.63. The Kier molecular flexibility index (Phi) is 6.61. The Morgan fingerprint density at radius 3 is 2.95 bits per heavy atom. The van der Waals surface area contributed by atoms with Crippen LogP contribution in [0.2, 0.25) is 5.02 Å². The van der Waals surface area contributed by atoms with Crippen molar-refractivity contribution in [2.45, 2.75) is 13.5 Å². The van der Waals surface area contributed by atoms with Gasteiger partial charge in [0.25, 0.3) is 0 Å². The molecular formula is C13H16Cl2N4O2. The number of halogens is 2. The van der Waals surface area contributed by atoms with Crippen molar-refractivity contribution >= 4 is 29.9 Å². The summed E-state index contributed by atoms with van der Waals surface area (Å²) in [6.45, 7) is 2.22. The van der Waals surface area contributed by atoms with Gasteiger partial charge in [0.15, 0.2) is 0 Å². The predicted octanol–water partition coefficient (Wildman–Crippen LogP) is 2.02. The number of hydrogen-bond donors (Lipinski definition) is 2. The average molecular weight is 331 g/mol. The molecule has 0 spiro atoms. The number of aromatic nitrogens is 2. The number of benzene rings is 1. The van der Waals surface area contributed by atoms with Crippen LogP contribution in [-0.4, -0.2) is 22.6 Å². The number of rotatable bonds is 5. The van der Waals surface area contributed by atoms with Crippen LogP contribution in [0.15, 0.2) is 28.8 Å². The number of hydrogen-bond acceptors (Lipinski definition) is 5. The molecular weight excluding hydrogens is 315 g/mol. The van der Waals surface area contributed by atoms with Crippen LogP contribution in [-0.2, 0) is 11.3 Å². The molecule has 3 N–H and O–H groups in total. The average Bonchev–Trinajstić information content (AvgIpc) is 2.92. The van der Waals surface area contributed by atoms with Gasteiger partial charge in [0, 0.05) is 23.0 Å². The van der Waals surface area contributed by atoms with E-state index in [1.807, 2.05) is 6.07 Å². The third kappa shape index (κ3) is 4.70. The van der Waals surface area contributed by atoms with Crippen LogP contribution in [0.3, 0.4) is 0 Å². The van der Waals surface area contributed by atoms with Crippen LogP contribution in [0.1, 0.15) is 12.8 Å². The quantitative estimate of drug-likeness (QED) is 0.874. The van der Waals surface area contributed by atoms with Gasteiger partial charge in [-0.2, -0.15) is 4.98 Å². The highest BCUT2D eigenvalue weighted by molar-refractivity contribution is 6.30. The Morgan fingerprint density at radius 1 is 1.52 bits per heavy atom. The highest BCUT2D eigenvalue weighted by atomic mass is 35.5. The standard InChI is InChI=1S/C13H15ClN4O2.ClH/c1-8(6-15)13(19)16-7-11-17-12(18-20-11)9-3-2-4-10(14)5-9;/h2-5,8H,6-7,15H2,1H3,(H,16,19);1H. The largest absolute Gasteiger partial charge is 0.347 e. The molecule has 6 nitrogen and oxygen atoms in total. The van der Waals surface area contributed by atoms with Crippen molar-refractivity contribution in [1.29, 1.82) is 0 Å². The van der Waals surface area contributed by atoms with Gasteiger partial charge >= 0.3 is 0 Å². The molecule has 0 aliphatic heterocycles. The molecule has 0 fully saturated rings. The third-order valence-corrected chi connectivity index (χ3v) is 3.00. The second kappa shape index (κ2) is 7.97. The smallest absolute Gasteiger partial charge is 0.246 e. The van der Waals surface area contributed by atoms with E-state index in [2.05, 4.69) is 15.5 Å². The van der Waals surface area contributed by atoms with Gasteiger partial charge in [0.05, 0.1) is 6.54 Å². The van der Waals surface area contributed by atoms with Crippen molar-refractivity contribution in [2.24, 2.45) is 11.7 Å². The van der Waals surface area contributed by atoms with Crippen LogP contribution >= 0.6 is 24.0 Å². The zero-order chi connectivity index (χ0) is 14.5. The molecule has 0 saturated heterocycles. The van der Waals surface area contributed by atoms with E-state index < -0.39 is 0 Å². The van der Waals surface area contributed by atoms with Crippen molar-refractivity contribution in [3.8, 4) is 11.4 Å². The summed E-state index contributed by atoms with van der Waals surface area (Å²) in [5.41, 5.74) is 6.17. The molecule has 0 aliphatic carbocycles. The molecule has 1 heterocycles. The summed E-state index contributed by atoms with van der Waals surface area (Å²) in [6.07, 6.45) is 0. The van der Waals surface area contributed by atoms with Gasteiger partial charge in [-0.25, -0.2) is 0 Å². The first-order valence-corrected chi connectivity index (χ1v) is 6.54. The van der Waals surface area contributed by atoms with Crippen LogP contribution in [0.25, 0.3) is 11.4 Å². The van der Waals surface area contributed by atoms with E-state index in [1.54, 1.807) is 25.1 Å². The summed E-state index contributed by atoms with van der Waals surface area (Å²) >= 11 is 5.90. The van der Waals surface area contributed by atoms with Gasteiger partial charge in [0.1, 0.15) is 0 Å². The van der Waals surface area contributed by atoms with Crippen LogP contribution in [0.4, 0.5) is 0 Å². The fourth-order valence-corrected chi connectivity index (χ4v) is 1.71. The molecule has 21 heavy (non-hydrogen) atoms. The normalized spacial score (nSPS) is 11.6. The minimum Gasteiger partial charge on any atom is -0.347 e. The Labute approximate surface area is 133 Å². The topological polar surface area (TPSA) is 94.0 Å². The maximum absolute atomic E-state index is 11.6. The molecule has 1 amide bonds. The van der Waals surface area contributed by atoms with Crippen molar-refractivity contribution in [3.05, 3.63) is 35.2 Å².